The van der Waals surface area contributed by atoms with Gasteiger partial charge < -0.3 is 10.1 Å². The van der Waals surface area contributed by atoms with Gasteiger partial charge in [0.15, 0.2) is 0 Å². The van der Waals surface area contributed by atoms with Gasteiger partial charge in [-0.2, -0.15) is 0 Å². The van der Waals surface area contributed by atoms with Gasteiger partial charge in [-0.3, -0.25) is 0 Å². The lowest BCUT2D eigenvalue weighted by Gasteiger charge is -2.31. The predicted octanol–water partition coefficient (Wildman–Crippen LogP) is 5.03. The van der Waals surface area contributed by atoms with E-state index in [4.69, 9.17) is 4.74 Å². The fourth-order valence-electron chi connectivity index (χ4n) is 1.98. The first-order valence-electron chi connectivity index (χ1n) is 7.79. The number of carbonyl (C=O) groups is 1. The van der Waals surface area contributed by atoms with Crippen LogP contribution in [-0.4, -0.2) is 17.7 Å². The largest absolute Gasteiger partial charge is 0.444 e. The zero-order valence-corrected chi connectivity index (χ0v) is 14.6. The van der Waals surface area contributed by atoms with Crippen LogP contribution in [0, 0.1) is 5.41 Å². The quantitative estimate of drug-likeness (QED) is 0.847. The van der Waals surface area contributed by atoms with Crippen molar-refractivity contribution in [3.63, 3.8) is 0 Å². The van der Waals surface area contributed by atoms with Gasteiger partial charge in [0.1, 0.15) is 5.60 Å². The summed E-state index contributed by atoms with van der Waals surface area (Å²) >= 11 is 0. The molecule has 1 aromatic rings. The SMILES string of the molecule is CC(C)(C)OC(=O)N[C@H](C/C=C/c1ccccc1)C(C)(C)C. The van der Waals surface area contributed by atoms with Crippen molar-refractivity contribution in [1.29, 1.82) is 0 Å². The van der Waals surface area contributed by atoms with Gasteiger partial charge in [-0.05, 0) is 38.2 Å². The molecule has 3 nitrogen and oxygen atoms in total. The number of hydrogen-bond donors (Lipinski definition) is 1. The van der Waals surface area contributed by atoms with Gasteiger partial charge in [0.05, 0.1) is 0 Å². The minimum atomic E-state index is -0.480. The summed E-state index contributed by atoms with van der Waals surface area (Å²) in [5.41, 5.74) is 0.636. The van der Waals surface area contributed by atoms with Crippen molar-refractivity contribution in [3.8, 4) is 0 Å². The minimum absolute atomic E-state index is 0.0160. The number of ether oxygens (including phenoxy) is 1. The molecular weight excluding hydrogens is 274 g/mol. The Bertz CT molecular complexity index is 492. The highest BCUT2D eigenvalue weighted by Crippen LogP contribution is 2.23. The average molecular weight is 303 g/mol. The minimum Gasteiger partial charge on any atom is -0.444 e. The highest BCUT2D eigenvalue weighted by Gasteiger charge is 2.27. The normalized spacial score (nSPS) is 13.9. The van der Waals surface area contributed by atoms with Crippen LogP contribution in [0.4, 0.5) is 4.79 Å². The van der Waals surface area contributed by atoms with Crippen molar-refractivity contribution in [2.45, 2.75) is 59.6 Å². The fourth-order valence-corrected chi connectivity index (χ4v) is 1.98. The van der Waals surface area contributed by atoms with E-state index in [0.717, 1.165) is 12.0 Å². The number of rotatable bonds is 4. The van der Waals surface area contributed by atoms with Crippen LogP contribution in [0.5, 0.6) is 0 Å². The molecule has 0 saturated heterocycles. The first kappa shape index (κ1) is 18.3. The van der Waals surface area contributed by atoms with Crippen LogP contribution < -0.4 is 5.32 Å². The van der Waals surface area contributed by atoms with E-state index in [1.54, 1.807) is 0 Å². The van der Waals surface area contributed by atoms with E-state index in [0.29, 0.717) is 0 Å². The Morgan fingerprint density at radius 2 is 1.73 bits per heavy atom. The first-order chi connectivity index (χ1) is 10.1. The zero-order valence-electron chi connectivity index (χ0n) is 14.6. The third kappa shape index (κ3) is 7.30. The van der Waals surface area contributed by atoms with E-state index in [1.165, 1.54) is 0 Å². The smallest absolute Gasteiger partial charge is 0.407 e. The monoisotopic (exact) mass is 303 g/mol. The standard InChI is InChI=1S/C19H29NO2/c1-18(2,3)16(20-17(21)22-19(4,5)6)14-10-13-15-11-8-7-9-12-15/h7-13,16H,14H2,1-6H3,(H,20,21)/b13-10+/t16-/m1/s1. The molecule has 0 aliphatic heterocycles. The first-order valence-corrected chi connectivity index (χ1v) is 7.79. The van der Waals surface area contributed by atoms with E-state index in [1.807, 2.05) is 39.0 Å². The van der Waals surface area contributed by atoms with Gasteiger partial charge in [0.25, 0.3) is 0 Å². The summed E-state index contributed by atoms with van der Waals surface area (Å²) in [6.07, 6.45) is 4.58. The summed E-state index contributed by atoms with van der Waals surface area (Å²) in [6.45, 7) is 12.0. The molecule has 1 rings (SSSR count). The number of alkyl carbamates (subject to hydrolysis) is 1. The van der Waals surface area contributed by atoms with Crippen molar-refractivity contribution in [2.24, 2.45) is 5.41 Å². The van der Waals surface area contributed by atoms with Crippen LogP contribution in [0.15, 0.2) is 36.4 Å². The lowest BCUT2D eigenvalue weighted by molar-refractivity contribution is 0.0465. The van der Waals surface area contributed by atoms with Crippen LogP contribution in [0.2, 0.25) is 0 Å². The van der Waals surface area contributed by atoms with Gasteiger partial charge >= 0.3 is 6.09 Å². The third-order valence-corrected chi connectivity index (χ3v) is 3.22. The Labute approximate surface area is 134 Å². The summed E-state index contributed by atoms with van der Waals surface area (Å²) < 4.78 is 5.35. The molecule has 3 heteroatoms. The molecule has 1 aromatic carbocycles. The molecule has 1 N–H and O–H groups in total. The number of hydrogen-bond acceptors (Lipinski definition) is 2. The molecule has 0 saturated carbocycles. The summed E-state index contributed by atoms with van der Waals surface area (Å²) in [5.74, 6) is 0. The molecule has 0 fully saturated rings. The van der Waals surface area contributed by atoms with Crippen LogP contribution >= 0.6 is 0 Å². The fraction of sp³-hybridized carbons (Fsp3) is 0.526. The highest BCUT2D eigenvalue weighted by atomic mass is 16.6. The van der Waals surface area contributed by atoms with Crippen LogP contribution in [0.3, 0.4) is 0 Å². The lowest BCUT2D eigenvalue weighted by Crippen LogP contribution is -2.45. The summed E-state index contributed by atoms with van der Waals surface area (Å²) in [7, 11) is 0. The van der Waals surface area contributed by atoms with Gasteiger partial charge in [0.2, 0.25) is 0 Å². The lowest BCUT2D eigenvalue weighted by atomic mass is 9.84. The molecule has 0 aliphatic rings. The Morgan fingerprint density at radius 1 is 1.14 bits per heavy atom. The maximum absolute atomic E-state index is 12.0. The van der Waals surface area contributed by atoms with Crippen LogP contribution in [0.1, 0.15) is 53.5 Å². The molecule has 0 heterocycles. The summed E-state index contributed by atoms with van der Waals surface area (Å²) in [5, 5.41) is 2.99. The number of benzene rings is 1. The van der Waals surface area contributed by atoms with E-state index in [-0.39, 0.29) is 17.6 Å². The van der Waals surface area contributed by atoms with Crippen molar-refractivity contribution in [1.82, 2.24) is 5.32 Å². The molecule has 0 spiro atoms. The number of nitrogens with one attached hydrogen (secondary N) is 1. The Kier molecular flexibility index (Phi) is 6.21. The van der Waals surface area contributed by atoms with Gasteiger partial charge in [-0.25, -0.2) is 4.79 Å². The van der Waals surface area contributed by atoms with E-state index in [2.05, 4.69) is 50.4 Å². The van der Waals surface area contributed by atoms with Crippen molar-refractivity contribution in [3.05, 3.63) is 42.0 Å². The van der Waals surface area contributed by atoms with E-state index >= 15 is 0 Å². The molecule has 0 bridgehead atoms. The molecule has 22 heavy (non-hydrogen) atoms. The second-order valence-electron chi connectivity index (χ2n) is 7.61. The molecule has 122 valence electrons. The van der Waals surface area contributed by atoms with Crippen LogP contribution in [0.25, 0.3) is 6.08 Å². The Hall–Kier alpha value is -1.77. The molecule has 0 aromatic heterocycles. The van der Waals surface area contributed by atoms with Gasteiger partial charge in [-0.1, -0.05) is 63.3 Å². The zero-order chi connectivity index (χ0) is 16.8. The number of carbonyl (C=O) groups excluding carboxylic acids is 1. The molecular formula is C19H29NO2. The third-order valence-electron chi connectivity index (χ3n) is 3.22. The molecule has 0 unspecified atom stereocenters. The van der Waals surface area contributed by atoms with Crippen molar-refractivity contribution in [2.75, 3.05) is 0 Å². The highest BCUT2D eigenvalue weighted by molar-refractivity contribution is 5.68. The summed E-state index contributed by atoms with van der Waals surface area (Å²) in [6, 6.07) is 10.2. The number of amides is 1. The molecule has 0 radical (unpaired) electrons. The van der Waals surface area contributed by atoms with Gasteiger partial charge in [0, 0.05) is 6.04 Å². The van der Waals surface area contributed by atoms with Crippen LogP contribution in [-0.2, 0) is 4.74 Å². The Balaban J connectivity index is 2.66. The Morgan fingerprint density at radius 3 is 2.23 bits per heavy atom. The summed E-state index contributed by atoms with van der Waals surface area (Å²) in [4.78, 5) is 12.0. The van der Waals surface area contributed by atoms with Gasteiger partial charge in [-0.15, -0.1) is 0 Å². The predicted molar refractivity (Wildman–Crippen MR) is 92.7 cm³/mol. The van der Waals surface area contributed by atoms with E-state index < -0.39 is 5.60 Å². The second-order valence-corrected chi connectivity index (χ2v) is 7.61. The average Bonchev–Trinajstić information content (AvgIpc) is 2.35. The maximum atomic E-state index is 12.0. The van der Waals surface area contributed by atoms with E-state index in [9.17, 15) is 4.79 Å². The second kappa shape index (κ2) is 7.48. The molecule has 1 amide bonds. The van der Waals surface area contributed by atoms with Crippen molar-refractivity contribution >= 4 is 12.2 Å². The maximum Gasteiger partial charge on any atom is 0.407 e. The topological polar surface area (TPSA) is 38.3 Å². The van der Waals surface area contributed by atoms with Crippen molar-refractivity contribution < 1.29 is 9.53 Å². The molecule has 1 atom stereocenters. The molecule has 0 aliphatic carbocycles.